The maximum Gasteiger partial charge on any atom is 0.230 e. The summed E-state index contributed by atoms with van der Waals surface area (Å²) in [5.74, 6) is 0.335. The number of aromatic amines is 1. The molecule has 0 radical (unpaired) electrons. The van der Waals surface area contributed by atoms with Gasteiger partial charge in [-0.25, -0.2) is 4.98 Å². The third-order valence-corrected chi connectivity index (χ3v) is 5.44. The van der Waals surface area contributed by atoms with E-state index >= 15 is 0 Å². The fraction of sp³-hybridized carbons (Fsp3) is 0.0417. The summed E-state index contributed by atoms with van der Waals surface area (Å²) in [5, 5.41) is 4.41. The molecule has 0 fully saturated rings. The summed E-state index contributed by atoms with van der Waals surface area (Å²) in [6.45, 7) is 0. The molecular weight excluding hydrogens is 398 g/mol. The molecule has 0 saturated heterocycles. The van der Waals surface area contributed by atoms with E-state index in [0.717, 1.165) is 33.3 Å². The van der Waals surface area contributed by atoms with E-state index in [1.807, 2.05) is 30.3 Å². The molecule has 2 aromatic carbocycles. The fourth-order valence-corrected chi connectivity index (χ4v) is 3.89. The van der Waals surface area contributed by atoms with Crippen LogP contribution in [-0.2, 0) is 11.2 Å². The van der Waals surface area contributed by atoms with Crippen molar-refractivity contribution in [3.8, 4) is 11.3 Å². The molecule has 146 valence electrons. The van der Waals surface area contributed by atoms with E-state index in [4.69, 9.17) is 11.6 Å². The summed E-state index contributed by atoms with van der Waals surface area (Å²) in [7, 11) is 0. The summed E-state index contributed by atoms with van der Waals surface area (Å²) in [6.07, 6.45) is 5.25. The third-order valence-electron chi connectivity index (χ3n) is 5.19. The van der Waals surface area contributed by atoms with Crippen LogP contribution in [0, 0.1) is 0 Å². The Balaban J connectivity index is 1.59. The highest BCUT2D eigenvalue weighted by molar-refractivity contribution is 6.30. The molecule has 0 bridgehead atoms. The number of halogens is 1. The topological polar surface area (TPSA) is 74.8 Å². The van der Waals surface area contributed by atoms with Crippen molar-refractivity contribution in [2.75, 3.05) is 5.32 Å². The minimum absolute atomic E-state index is 0.103. The number of benzene rings is 2. The molecule has 0 saturated carbocycles. The van der Waals surface area contributed by atoms with Crippen molar-refractivity contribution < 1.29 is 9.59 Å². The lowest BCUT2D eigenvalue weighted by atomic mass is 10.0. The Kier molecular flexibility index (Phi) is 4.45. The number of carbonyl (C=O) groups excluding carboxylic acids is 2. The van der Waals surface area contributed by atoms with Gasteiger partial charge >= 0.3 is 0 Å². The molecule has 5 rings (SSSR count). The zero-order chi connectivity index (χ0) is 20.7. The van der Waals surface area contributed by atoms with E-state index in [2.05, 4.69) is 15.3 Å². The largest absolute Gasteiger partial charge is 0.354 e. The van der Waals surface area contributed by atoms with Crippen molar-refractivity contribution in [1.82, 2.24) is 9.97 Å². The van der Waals surface area contributed by atoms with Gasteiger partial charge in [0, 0.05) is 27.7 Å². The van der Waals surface area contributed by atoms with Crippen molar-refractivity contribution >= 4 is 46.1 Å². The first kappa shape index (κ1) is 18.3. The van der Waals surface area contributed by atoms with Crippen LogP contribution >= 0.6 is 11.6 Å². The molecule has 1 amide bonds. The van der Waals surface area contributed by atoms with Crippen LogP contribution in [0.5, 0.6) is 0 Å². The normalized spacial score (nSPS) is 13.0. The summed E-state index contributed by atoms with van der Waals surface area (Å²) in [6, 6.07) is 16.4. The van der Waals surface area contributed by atoms with Gasteiger partial charge in [0.2, 0.25) is 5.91 Å². The van der Waals surface area contributed by atoms with E-state index in [-0.39, 0.29) is 18.1 Å². The number of H-pyrrole nitrogens is 1. The van der Waals surface area contributed by atoms with Gasteiger partial charge in [-0.05, 0) is 59.7 Å². The Morgan fingerprint density at radius 2 is 1.90 bits per heavy atom. The van der Waals surface area contributed by atoms with Gasteiger partial charge in [-0.1, -0.05) is 29.8 Å². The number of rotatable bonds is 3. The first-order chi connectivity index (χ1) is 14.6. The minimum Gasteiger partial charge on any atom is -0.354 e. The molecule has 0 spiro atoms. The second-order valence-corrected chi connectivity index (χ2v) is 7.51. The van der Waals surface area contributed by atoms with Gasteiger partial charge in [-0.2, -0.15) is 0 Å². The average molecular weight is 414 g/mol. The zero-order valence-corrected chi connectivity index (χ0v) is 16.5. The van der Waals surface area contributed by atoms with Crippen LogP contribution in [0.1, 0.15) is 21.5 Å². The molecule has 0 aliphatic carbocycles. The highest BCUT2D eigenvalue weighted by Crippen LogP contribution is 2.37. The molecule has 2 aromatic heterocycles. The molecule has 1 aliphatic heterocycles. The summed E-state index contributed by atoms with van der Waals surface area (Å²) in [4.78, 5) is 32.7. The molecule has 30 heavy (non-hydrogen) atoms. The van der Waals surface area contributed by atoms with Crippen molar-refractivity contribution in [3.05, 3.63) is 88.6 Å². The smallest absolute Gasteiger partial charge is 0.230 e. The van der Waals surface area contributed by atoms with E-state index in [1.54, 1.807) is 42.6 Å². The van der Waals surface area contributed by atoms with Gasteiger partial charge in [0.05, 0.1) is 17.6 Å². The van der Waals surface area contributed by atoms with Crippen molar-refractivity contribution in [2.45, 2.75) is 6.42 Å². The van der Waals surface area contributed by atoms with Crippen LogP contribution < -0.4 is 5.32 Å². The van der Waals surface area contributed by atoms with Crippen LogP contribution in [0.4, 0.5) is 5.82 Å². The number of hydrogen-bond donors (Lipinski definition) is 2. The average Bonchev–Trinajstić information content (AvgIpc) is 3.04. The number of hydrogen-bond acceptors (Lipinski definition) is 3. The quantitative estimate of drug-likeness (QED) is 0.354. The number of aromatic nitrogens is 2. The maximum absolute atomic E-state index is 12.5. The molecule has 4 aromatic rings. The van der Waals surface area contributed by atoms with Crippen molar-refractivity contribution in [2.24, 2.45) is 0 Å². The van der Waals surface area contributed by atoms with Crippen LogP contribution in [0.25, 0.3) is 28.2 Å². The van der Waals surface area contributed by atoms with Crippen LogP contribution in [0.2, 0.25) is 5.02 Å². The number of nitrogens with zero attached hydrogens (tertiary/aromatic N) is 1. The number of anilines is 1. The summed E-state index contributed by atoms with van der Waals surface area (Å²) < 4.78 is 0. The predicted molar refractivity (Wildman–Crippen MR) is 119 cm³/mol. The SMILES string of the molecule is O=C1Cc2c([nH]c3c(/C=C/C(=O)c4ccc(Cl)cc4)cccc23)-c2cccnc2N1. The van der Waals surface area contributed by atoms with E-state index in [1.165, 1.54) is 0 Å². The van der Waals surface area contributed by atoms with Crippen molar-refractivity contribution in [1.29, 1.82) is 0 Å². The number of pyridine rings is 1. The third kappa shape index (κ3) is 3.19. The molecule has 3 heterocycles. The monoisotopic (exact) mass is 413 g/mol. The van der Waals surface area contributed by atoms with Gasteiger partial charge < -0.3 is 10.3 Å². The van der Waals surface area contributed by atoms with Gasteiger partial charge in [0.25, 0.3) is 0 Å². The second kappa shape index (κ2) is 7.28. The van der Waals surface area contributed by atoms with Crippen molar-refractivity contribution in [3.63, 3.8) is 0 Å². The van der Waals surface area contributed by atoms with E-state index < -0.39 is 0 Å². The van der Waals surface area contributed by atoms with Crippen LogP contribution in [0.15, 0.2) is 66.9 Å². The van der Waals surface area contributed by atoms with Crippen LogP contribution in [0.3, 0.4) is 0 Å². The number of fused-ring (bicyclic) bond motifs is 5. The van der Waals surface area contributed by atoms with Gasteiger partial charge in [0.15, 0.2) is 5.78 Å². The number of allylic oxidation sites excluding steroid dienone is 1. The highest BCUT2D eigenvalue weighted by atomic mass is 35.5. The van der Waals surface area contributed by atoms with E-state index in [9.17, 15) is 9.59 Å². The predicted octanol–water partition coefficient (Wildman–Crippen LogP) is 5.27. The lowest BCUT2D eigenvalue weighted by molar-refractivity contribution is -0.115. The first-order valence-corrected chi connectivity index (χ1v) is 9.85. The molecule has 0 atom stereocenters. The number of nitrogens with one attached hydrogen (secondary N) is 2. The second-order valence-electron chi connectivity index (χ2n) is 7.08. The summed E-state index contributed by atoms with van der Waals surface area (Å²) in [5.41, 5.74) is 4.97. The minimum atomic E-state index is -0.106. The molecule has 5 nitrogen and oxygen atoms in total. The Morgan fingerprint density at radius 1 is 1.07 bits per heavy atom. The first-order valence-electron chi connectivity index (χ1n) is 9.47. The van der Waals surface area contributed by atoms with Gasteiger partial charge in [-0.15, -0.1) is 0 Å². The van der Waals surface area contributed by atoms with E-state index in [0.29, 0.717) is 16.4 Å². The maximum atomic E-state index is 12.5. The zero-order valence-electron chi connectivity index (χ0n) is 15.8. The number of carbonyl (C=O) groups is 2. The highest BCUT2D eigenvalue weighted by Gasteiger charge is 2.23. The van der Waals surface area contributed by atoms with Gasteiger partial charge in [0.1, 0.15) is 5.82 Å². The standard InChI is InChI=1S/C24H16ClN3O2/c25-16-9-6-14(7-10-16)20(29)11-8-15-3-1-4-17-19-13-21(30)27-24-18(5-2-12-26-24)23(19)28-22(15)17/h1-12,28H,13H2,(H,26,27,30)/b11-8+. The van der Waals surface area contributed by atoms with Crippen LogP contribution in [-0.4, -0.2) is 21.7 Å². The lowest BCUT2D eigenvalue weighted by Crippen LogP contribution is -2.13. The Hall–Kier alpha value is -3.70. The Labute approximate surface area is 177 Å². The Morgan fingerprint density at radius 3 is 2.73 bits per heavy atom. The fourth-order valence-electron chi connectivity index (χ4n) is 3.77. The van der Waals surface area contributed by atoms with Gasteiger partial charge in [-0.3, -0.25) is 9.59 Å². The molecule has 6 heteroatoms. The molecule has 1 aliphatic rings. The number of ketones is 1. The summed E-state index contributed by atoms with van der Waals surface area (Å²) >= 11 is 5.90. The molecular formula is C24H16ClN3O2. The number of amides is 1. The lowest BCUT2D eigenvalue weighted by Gasteiger charge is -2.04. The number of para-hydroxylation sites is 1. The Bertz CT molecular complexity index is 1340. The molecule has 0 unspecified atom stereocenters. The molecule has 2 N–H and O–H groups in total.